The van der Waals surface area contributed by atoms with Crippen molar-refractivity contribution in [1.82, 2.24) is 5.32 Å². The number of hydrogen-bond donors (Lipinski definition) is 1. The lowest BCUT2D eigenvalue weighted by atomic mass is 9.99. The third-order valence-corrected chi connectivity index (χ3v) is 6.37. The van der Waals surface area contributed by atoms with Gasteiger partial charge in [-0.3, -0.25) is 4.79 Å². The fourth-order valence-electron chi connectivity index (χ4n) is 4.28. The molecule has 190 valence electrons. The first kappa shape index (κ1) is 27.3. The van der Waals surface area contributed by atoms with Gasteiger partial charge in [0.1, 0.15) is 5.75 Å². The Bertz CT molecular complexity index is 1010. The van der Waals surface area contributed by atoms with E-state index in [4.69, 9.17) is 4.74 Å². The Hall–Kier alpha value is -3.33. The van der Waals surface area contributed by atoms with Crippen LogP contribution in [0.1, 0.15) is 81.0 Å². The van der Waals surface area contributed by atoms with Crippen molar-refractivity contribution < 1.29 is 9.53 Å². The molecule has 3 aromatic rings. The van der Waals surface area contributed by atoms with Gasteiger partial charge in [0, 0.05) is 6.08 Å². The van der Waals surface area contributed by atoms with Gasteiger partial charge in [-0.2, -0.15) is 0 Å². The molecular weight excluding hydrogens is 442 g/mol. The molecule has 3 aromatic carbocycles. The number of unbranched alkanes of at least 4 members (excludes halogenated alkanes) is 7. The number of ether oxygens (including phenoxy) is 1. The van der Waals surface area contributed by atoms with Crippen molar-refractivity contribution in [2.75, 3.05) is 6.61 Å². The van der Waals surface area contributed by atoms with Gasteiger partial charge in [-0.25, -0.2) is 0 Å². The van der Waals surface area contributed by atoms with E-state index < -0.39 is 0 Å². The zero-order valence-electron chi connectivity index (χ0n) is 21.7. The molecule has 3 rings (SSSR count). The van der Waals surface area contributed by atoms with E-state index >= 15 is 0 Å². The average Bonchev–Trinajstić information content (AvgIpc) is 2.92. The zero-order valence-corrected chi connectivity index (χ0v) is 21.7. The van der Waals surface area contributed by atoms with Crippen LogP contribution in [0.3, 0.4) is 0 Å². The van der Waals surface area contributed by atoms with Crippen LogP contribution in [-0.4, -0.2) is 12.5 Å². The fraction of sp³-hybridized carbons (Fsp3) is 0.364. The topological polar surface area (TPSA) is 38.3 Å². The summed E-state index contributed by atoms with van der Waals surface area (Å²) in [5, 5.41) is 3.17. The summed E-state index contributed by atoms with van der Waals surface area (Å²) < 4.78 is 5.89. The van der Waals surface area contributed by atoms with Gasteiger partial charge in [0.2, 0.25) is 5.91 Å². The Labute approximate surface area is 217 Å². The normalized spacial score (nSPS) is 11.9. The standard InChI is InChI=1S/C33H41NO2/c1-2-3-4-5-6-7-8-15-26-36-31-23-20-28(21-24-31)22-25-33(35)34-32(30-18-13-10-14-19-30)27-29-16-11-9-12-17-29/h9-14,16-25,32H,2-8,15,26-27H2,1H3,(H,34,35)/b25-22+. The smallest absolute Gasteiger partial charge is 0.244 e. The molecule has 3 nitrogen and oxygen atoms in total. The van der Waals surface area contributed by atoms with Gasteiger partial charge in [-0.15, -0.1) is 0 Å². The summed E-state index contributed by atoms with van der Waals surface area (Å²) in [7, 11) is 0. The minimum Gasteiger partial charge on any atom is -0.494 e. The second kappa shape index (κ2) is 16.4. The largest absolute Gasteiger partial charge is 0.494 e. The molecule has 36 heavy (non-hydrogen) atoms. The summed E-state index contributed by atoms with van der Waals surface area (Å²) in [6, 6.07) is 28.2. The van der Waals surface area contributed by atoms with E-state index in [2.05, 4.69) is 36.5 Å². The number of amides is 1. The molecule has 0 aliphatic rings. The average molecular weight is 484 g/mol. The molecule has 0 aromatic heterocycles. The van der Waals surface area contributed by atoms with Crippen LogP contribution in [0.5, 0.6) is 5.75 Å². The van der Waals surface area contributed by atoms with Gasteiger partial charge in [0.15, 0.2) is 0 Å². The summed E-state index contributed by atoms with van der Waals surface area (Å²) in [5.41, 5.74) is 3.27. The predicted octanol–water partition coefficient (Wildman–Crippen LogP) is 8.32. The highest BCUT2D eigenvalue weighted by Crippen LogP contribution is 2.19. The van der Waals surface area contributed by atoms with E-state index in [0.717, 1.165) is 36.3 Å². The number of rotatable bonds is 16. The van der Waals surface area contributed by atoms with E-state index in [-0.39, 0.29) is 11.9 Å². The summed E-state index contributed by atoms with van der Waals surface area (Å²) in [5.74, 6) is 0.779. The Morgan fingerprint density at radius 2 is 1.39 bits per heavy atom. The molecule has 1 atom stereocenters. The van der Waals surface area contributed by atoms with Gasteiger partial charge in [0.05, 0.1) is 12.6 Å². The van der Waals surface area contributed by atoms with E-state index in [1.54, 1.807) is 6.08 Å². The molecule has 3 heteroatoms. The summed E-state index contributed by atoms with van der Waals surface area (Å²) in [4.78, 5) is 12.7. The Balaban J connectivity index is 1.43. The van der Waals surface area contributed by atoms with Crippen molar-refractivity contribution in [2.45, 2.75) is 70.8 Å². The predicted molar refractivity (Wildman–Crippen MR) is 151 cm³/mol. The molecule has 0 fully saturated rings. The Kier molecular flexibility index (Phi) is 12.4. The molecular formula is C33H41NO2. The highest BCUT2D eigenvalue weighted by atomic mass is 16.5. The Morgan fingerprint density at radius 1 is 0.778 bits per heavy atom. The van der Waals surface area contributed by atoms with Crippen molar-refractivity contribution in [1.29, 1.82) is 0 Å². The molecule has 1 amide bonds. The molecule has 0 aliphatic heterocycles. The summed E-state index contributed by atoms with van der Waals surface area (Å²) in [6.07, 6.45) is 14.6. The first-order valence-electron chi connectivity index (χ1n) is 13.5. The molecule has 0 heterocycles. The summed E-state index contributed by atoms with van der Waals surface area (Å²) in [6.45, 7) is 3.02. The number of benzene rings is 3. The van der Waals surface area contributed by atoms with Gasteiger partial charge >= 0.3 is 0 Å². The van der Waals surface area contributed by atoms with Gasteiger partial charge in [-0.05, 0) is 47.7 Å². The van der Waals surface area contributed by atoms with Gasteiger partial charge in [0.25, 0.3) is 0 Å². The number of nitrogens with one attached hydrogen (secondary N) is 1. The molecule has 1 N–H and O–H groups in total. The highest BCUT2D eigenvalue weighted by molar-refractivity contribution is 5.92. The number of carbonyl (C=O) groups excluding carboxylic acids is 1. The molecule has 0 aliphatic carbocycles. The molecule has 0 saturated heterocycles. The summed E-state index contributed by atoms with van der Waals surface area (Å²) >= 11 is 0. The second-order valence-electron chi connectivity index (χ2n) is 9.39. The monoisotopic (exact) mass is 483 g/mol. The number of carbonyl (C=O) groups is 1. The lowest BCUT2D eigenvalue weighted by Gasteiger charge is -2.18. The third-order valence-electron chi connectivity index (χ3n) is 6.37. The quantitative estimate of drug-likeness (QED) is 0.164. The maximum absolute atomic E-state index is 12.7. The van der Waals surface area contributed by atoms with E-state index in [1.807, 2.05) is 66.7 Å². The van der Waals surface area contributed by atoms with Crippen molar-refractivity contribution in [3.05, 3.63) is 108 Å². The minimum absolute atomic E-state index is 0.0853. The van der Waals surface area contributed by atoms with Crippen LogP contribution < -0.4 is 10.1 Å². The maximum Gasteiger partial charge on any atom is 0.244 e. The van der Waals surface area contributed by atoms with Crippen molar-refractivity contribution in [2.24, 2.45) is 0 Å². The first-order chi connectivity index (χ1) is 17.7. The fourth-order valence-corrected chi connectivity index (χ4v) is 4.28. The van der Waals surface area contributed by atoms with Crippen LogP contribution in [0.25, 0.3) is 6.08 Å². The minimum atomic E-state index is -0.102. The zero-order chi connectivity index (χ0) is 25.3. The number of hydrogen-bond acceptors (Lipinski definition) is 2. The second-order valence-corrected chi connectivity index (χ2v) is 9.39. The molecule has 1 unspecified atom stereocenters. The molecule has 0 radical (unpaired) electrons. The Morgan fingerprint density at radius 3 is 2.06 bits per heavy atom. The molecule has 0 spiro atoms. The lowest BCUT2D eigenvalue weighted by molar-refractivity contribution is -0.117. The van der Waals surface area contributed by atoms with Crippen LogP contribution in [0.4, 0.5) is 0 Å². The van der Waals surface area contributed by atoms with Crippen molar-refractivity contribution in [3.63, 3.8) is 0 Å². The van der Waals surface area contributed by atoms with Crippen LogP contribution in [0.2, 0.25) is 0 Å². The SMILES string of the molecule is CCCCCCCCCCOc1ccc(/C=C/C(=O)NC(Cc2ccccc2)c2ccccc2)cc1. The molecule has 0 saturated carbocycles. The van der Waals surface area contributed by atoms with Crippen molar-refractivity contribution >= 4 is 12.0 Å². The molecule has 0 bridgehead atoms. The highest BCUT2D eigenvalue weighted by Gasteiger charge is 2.14. The van der Waals surface area contributed by atoms with Crippen LogP contribution in [0.15, 0.2) is 91.0 Å². The third kappa shape index (κ3) is 10.5. The van der Waals surface area contributed by atoms with E-state index in [0.29, 0.717) is 0 Å². The first-order valence-corrected chi connectivity index (χ1v) is 13.5. The van der Waals surface area contributed by atoms with Gasteiger partial charge < -0.3 is 10.1 Å². The maximum atomic E-state index is 12.7. The van der Waals surface area contributed by atoms with Crippen LogP contribution in [-0.2, 0) is 11.2 Å². The van der Waals surface area contributed by atoms with E-state index in [9.17, 15) is 4.79 Å². The van der Waals surface area contributed by atoms with Crippen LogP contribution >= 0.6 is 0 Å². The van der Waals surface area contributed by atoms with Crippen molar-refractivity contribution in [3.8, 4) is 5.75 Å². The van der Waals surface area contributed by atoms with Crippen LogP contribution in [0, 0.1) is 0 Å². The van der Waals surface area contributed by atoms with Gasteiger partial charge in [-0.1, -0.05) is 125 Å². The van der Waals surface area contributed by atoms with E-state index in [1.165, 1.54) is 50.5 Å². The lowest BCUT2D eigenvalue weighted by Crippen LogP contribution is -2.28.